The summed E-state index contributed by atoms with van der Waals surface area (Å²) in [5.74, 6) is -1.16. The van der Waals surface area contributed by atoms with Crippen LogP contribution in [0, 0.1) is 5.41 Å². The number of benzene rings is 1. The highest BCUT2D eigenvalue weighted by molar-refractivity contribution is 6.20. The molecule has 9 heteroatoms. The summed E-state index contributed by atoms with van der Waals surface area (Å²) in [7, 11) is 0. The van der Waals surface area contributed by atoms with Crippen molar-refractivity contribution in [3.8, 4) is 5.69 Å². The second kappa shape index (κ2) is 6.15. The highest BCUT2D eigenvalue weighted by Crippen LogP contribution is 2.47. The van der Waals surface area contributed by atoms with Gasteiger partial charge in [0.2, 0.25) is 11.8 Å². The number of rotatable bonds is 1. The first-order valence-corrected chi connectivity index (χ1v) is 9.60. The third-order valence-electron chi connectivity index (χ3n) is 6.09. The lowest BCUT2D eigenvalue weighted by molar-refractivity contribution is -0.153. The third kappa shape index (κ3) is 2.50. The predicted molar refractivity (Wildman–Crippen MR) is 103 cm³/mol. The van der Waals surface area contributed by atoms with Crippen LogP contribution in [0.15, 0.2) is 36.9 Å². The molecule has 0 saturated carbocycles. The molecule has 0 aliphatic carbocycles. The van der Waals surface area contributed by atoms with E-state index in [0.717, 1.165) is 16.9 Å². The van der Waals surface area contributed by atoms with E-state index in [2.05, 4.69) is 20.5 Å². The molecule has 0 unspecified atom stereocenters. The minimum Gasteiger partial charge on any atom is -0.372 e. The van der Waals surface area contributed by atoms with Crippen molar-refractivity contribution in [3.05, 3.63) is 42.5 Å². The first kappa shape index (κ1) is 17.9. The molecule has 2 aromatic rings. The van der Waals surface area contributed by atoms with Gasteiger partial charge in [0.05, 0.1) is 24.6 Å². The number of hydrogen-bond acceptors (Lipinski definition) is 6. The molecule has 3 atom stereocenters. The number of imidazole rings is 1. The Bertz CT molecular complexity index is 998. The van der Waals surface area contributed by atoms with Crippen LogP contribution >= 0.6 is 0 Å². The Morgan fingerprint density at radius 2 is 1.93 bits per heavy atom. The van der Waals surface area contributed by atoms with Crippen LogP contribution in [-0.2, 0) is 20.7 Å². The number of amides is 4. The van der Waals surface area contributed by atoms with Crippen LogP contribution in [0.3, 0.4) is 0 Å². The number of carbonyl (C=O) groups excluding carboxylic acids is 3. The van der Waals surface area contributed by atoms with Crippen LogP contribution in [0.2, 0.25) is 0 Å². The standard InChI is InChI=1S/C20H21N5O4/c1-11-9-25-15-4-3-14(24-6-5-21-10-24)7-13(15)8-20(16(25)12(2)29-11)17(26)22-19(28)23-18(20)27/h3-7,10-12,16H,8-9H2,1-2H3,(H2,22,23,26,27,28)/t11-,12+,16-/m1/s1. The first-order chi connectivity index (χ1) is 13.9. The lowest BCUT2D eigenvalue weighted by Crippen LogP contribution is -2.75. The number of aromatic nitrogens is 2. The fraction of sp³-hybridized carbons (Fsp3) is 0.400. The van der Waals surface area contributed by atoms with Crippen LogP contribution < -0.4 is 15.5 Å². The van der Waals surface area contributed by atoms with Crippen molar-refractivity contribution < 1.29 is 19.1 Å². The largest absolute Gasteiger partial charge is 0.372 e. The maximum Gasteiger partial charge on any atom is 0.328 e. The minimum atomic E-state index is -1.45. The summed E-state index contributed by atoms with van der Waals surface area (Å²) >= 11 is 0. The van der Waals surface area contributed by atoms with Gasteiger partial charge in [-0.25, -0.2) is 9.78 Å². The van der Waals surface area contributed by atoms with Crippen molar-refractivity contribution in [3.63, 3.8) is 0 Å². The number of barbiturate groups is 1. The molecule has 4 heterocycles. The van der Waals surface area contributed by atoms with Gasteiger partial charge in [0.1, 0.15) is 0 Å². The molecule has 1 spiro atoms. The number of nitrogens with zero attached hydrogens (tertiary/aromatic N) is 3. The average Bonchev–Trinajstić information content (AvgIpc) is 3.20. The number of ether oxygens (including phenoxy) is 1. The second-order valence-electron chi connectivity index (χ2n) is 7.92. The summed E-state index contributed by atoms with van der Waals surface area (Å²) < 4.78 is 7.87. The van der Waals surface area contributed by atoms with E-state index in [9.17, 15) is 14.4 Å². The lowest BCUT2D eigenvalue weighted by atomic mass is 9.66. The molecule has 9 nitrogen and oxygen atoms in total. The molecule has 2 saturated heterocycles. The van der Waals surface area contributed by atoms with Crippen molar-refractivity contribution in [2.24, 2.45) is 5.41 Å². The van der Waals surface area contributed by atoms with Gasteiger partial charge in [-0.3, -0.25) is 20.2 Å². The number of fused-ring (bicyclic) bond motifs is 4. The third-order valence-corrected chi connectivity index (χ3v) is 6.09. The fourth-order valence-corrected chi connectivity index (χ4v) is 5.01. The maximum absolute atomic E-state index is 13.1. The van der Waals surface area contributed by atoms with Gasteiger partial charge < -0.3 is 14.2 Å². The van der Waals surface area contributed by atoms with Crippen molar-refractivity contribution in [2.75, 3.05) is 11.4 Å². The molecular weight excluding hydrogens is 374 g/mol. The molecular formula is C20H21N5O4. The summed E-state index contributed by atoms with van der Waals surface area (Å²) in [6.45, 7) is 4.39. The normalized spacial score (nSPS) is 27.9. The van der Waals surface area contributed by atoms with E-state index >= 15 is 0 Å². The highest BCUT2D eigenvalue weighted by atomic mass is 16.5. The zero-order valence-corrected chi connectivity index (χ0v) is 16.1. The van der Waals surface area contributed by atoms with Crippen LogP contribution in [0.4, 0.5) is 10.5 Å². The van der Waals surface area contributed by atoms with Gasteiger partial charge in [-0.05, 0) is 44.0 Å². The summed E-state index contributed by atoms with van der Waals surface area (Å²) in [6, 6.07) is 4.67. The number of hydrogen-bond donors (Lipinski definition) is 2. The SMILES string of the molecule is C[C@@H]1CN2c3ccc(-n4ccnc4)cc3CC3(C(=O)NC(=O)NC3=O)[C@H]2[C@H](C)O1. The monoisotopic (exact) mass is 395 g/mol. The maximum atomic E-state index is 13.1. The molecule has 29 heavy (non-hydrogen) atoms. The number of anilines is 1. The Morgan fingerprint density at radius 1 is 1.17 bits per heavy atom. The van der Waals surface area contributed by atoms with E-state index in [1.807, 2.05) is 42.8 Å². The summed E-state index contributed by atoms with van der Waals surface area (Å²) in [5.41, 5.74) is 1.28. The van der Waals surface area contributed by atoms with Crippen molar-refractivity contribution in [2.45, 2.75) is 38.5 Å². The van der Waals surface area contributed by atoms with Crippen molar-refractivity contribution in [1.29, 1.82) is 0 Å². The average molecular weight is 395 g/mol. The van der Waals surface area contributed by atoms with Gasteiger partial charge in [-0.2, -0.15) is 0 Å². The Labute approximate surface area is 167 Å². The van der Waals surface area contributed by atoms with Crippen LogP contribution in [0.5, 0.6) is 0 Å². The molecule has 2 N–H and O–H groups in total. The fourth-order valence-electron chi connectivity index (χ4n) is 5.01. The summed E-state index contributed by atoms with van der Waals surface area (Å²) in [6.07, 6.45) is 4.97. The minimum absolute atomic E-state index is 0.0612. The molecule has 1 aromatic heterocycles. The van der Waals surface area contributed by atoms with Gasteiger partial charge in [0.25, 0.3) is 0 Å². The lowest BCUT2D eigenvalue weighted by Gasteiger charge is -2.55. The summed E-state index contributed by atoms with van der Waals surface area (Å²) in [5, 5.41) is 4.60. The van der Waals surface area contributed by atoms with Crippen molar-refractivity contribution >= 4 is 23.5 Å². The Balaban J connectivity index is 1.69. The van der Waals surface area contributed by atoms with Gasteiger partial charge >= 0.3 is 6.03 Å². The zero-order valence-electron chi connectivity index (χ0n) is 16.1. The molecule has 4 amide bonds. The van der Waals surface area contributed by atoms with Crippen molar-refractivity contribution in [1.82, 2.24) is 20.2 Å². The molecule has 1 aromatic carbocycles. The van der Waals surface area contributed by atoms with Gasteiger partial charge in [-0.15, -0.1) is 0 Å². The van der Waals surface area contributed by atoms with E-state index in [0.29, 0.717) is 6.54 Å². The van der Waals surface area contributed by atoms with Crippen LogP contribution in [0.1, 0.15) is 19.4 Å². The van der Waals surface area contributed by atoms with E-state index in [1.165, 1.54) is 0 Å². The molecule has 0 radical (unpaired) electrons. The number of carbonyl (C=O) groups is 3. The van der Waals surface area contributed by atoms with E-state index in [-0.39, 0.29) is 18.6 Å². The molecule has 0 bridgehead atoms. The Kier molecular flexibility index (Phi) is 3.79. The van der Waals surface area contributed by atoms with E-state index < -0.39 is 29.3 Å². The first-order valence-electron chi connectivity index (χ1n) is 9.60. The Hall–Kier alpha value is -3.20. The molecule has 5 rings (SSSR count). The van der Waals surface area contributed by atoms with Crippen LogP contribution in [-0.4, -0.2) is 52.2 Å². The molecule has 2 fully saturated rings. The van der Waals surface area contributed by atoms with Gasteiger partial charge in [0, 0.05) is 30.3 Å². The smallest absolute Gasteiger partial charge is 0.328 e. The van der Waals surface area contributed by atoms with E-state index in [1.54, 1.807) is 12.5 Å². The zero-order chi connectivity index (χ0) is 20.3. The van der Waals surface area contributed by atoms with Gasteiger partial charge in [-0.1, -0.05) is 0 Å². The number of urea groups is 1. The number of morpholine rings is 1. The van der Waals surface area contributed by atoms with E-state index in [4.69, 9.17) is 4.74 Å². The Morgan fingerprint density at radius 3 is 2.62 bits per heavy atom. The van der Waals surface area contributed by atoms with Gasteiger partial charge in [0.15, 0.2) is 5.41 Å². The highest BCUT2D eigenvalue weighted by Gasteiger charge is 2.62. The number of imide groups is 2. The number of nitrogens with one attached hydrogen (secondary N) is 2. The molecule has 3 aliphatic heterocycles. The molecule has 150 valence electrons. The van der Waals surface area contributed by atoms with Crippen LogP contribution in [0.25, 0.3) is 5.69 Å². The second-order valence-corrected chi connectivity index (χ2v) is 7.92. The quantitative estimate of drug-likeness (QED) is 0.691. The molecule has 3 aliphatic rings. The summed E-state index contributed by atoms with van der Waals surface area (Å²) in [4.78, 5) is 44.1. The predicted octanol–water partition coefficient (Wildman–Crippen LogP) is 0.763. The topological polar surface area (TPSA) is 106 Å².